The molecule has 1 atom stereocenters. The van der Waals surface area contributed by atoms with Gasteiger partial charge in [-0.05, 0) is 43.4 Å². The monoisotopic (exact) mass is 359 g/mol. The van der Waals surface area contributed by atoms with E-state index in [-0.39, 0.29) is 6.10 Å². The molecule has 2 saturated heterocycles. The molecule has 3 heterocycles. The Labute approximate surface area is 157 Å². The van der Waals surface area contributed by atoms with Gasteiger partial charge in [0, 0.05) is 38.9 Å². The molecule has 1 aromatic heterocycles. The fourth-order valence-corrected chi connectivity index (χ4v) is 3.64. The highest BCUT2D eigenvalue weighted by molar-refractivity contribution is 5.80. The van der Waals surface area contributed by atoms with E-state index in [0.29, 0.717) is 12.0 Å². The number of nitrogens with zero attached hydrogens (tertiary/aromatic N) is 4. The summed E-state index contributed by atoms with van der Waals surface area (Å²) >= 11 is 0. The molecule has 6 heteroatoms. The molecule has 0 spiro atoms. The molecule has 1 unspecified atom stereocenters. The number of aromatic nitrogens is 1. The molecule has 2 aliphatic heterocycles. The molecule has 1 N–H and O–H groups in total. The first-order valence-electron chi connectivity index (χ1n) is 9.81. The van der Waals surface area contributed by atoms with Crippen LogP contribution in [0, 0.1) is 5.41 Å². The maximum atomic E-state index is 5.63. The summed E-state index contributed by atoms with van der Waals surface area (Å²) in [6.45, 7) is 15.2. The fraction of sp³-hybridized carbons (Fsp3) is 0.700. The standard InChI is InChI=1S/C20H33N5O/c1-5-21-19(25-9-7-20(3,4)15-25)23-13-17-6-8-22-18(12-17)24-10-11-26-16(2)14-24/h6,8,12,16H,5,7,9-11,13-15H2,1-4H3,(H,21,23). The molecule has 26 heavy (non-hydrogen) atoms. The van der Waals surface area contributed by atoms with Crippen molar-refractivity contribution in [3.05, 3.63) is 23.9 Å². The molecule has 0 aromatic carbocycles. The highest BCUT2D eigenvalue weighted by atomic mass is 16.5. The van der Waals surface area contributed by atoms with E-state index < -0.39 is 0 Å². The summed E-state index contributed by atoms with van der Waals surface area (Å²) < 4.78 is 5.63. The molecule has 1 aromatic rings. The van der Waals surface area contributed by atoms with E-state index in [9.17, 15) is 0 Å². The van der Waals surface area contributed by atoms with E-state index in [1.54, 1.807) is 0 Å². The molecule has 0 aliphatic carbocycles. The maximum Gasteiger partial charge on any atom is 0.194 e. The number of morpholine rings is 1. The van der Waals surface area contributed by atoms with Crippen molar-refractivity contribution >= 4 is 11.8 Å². The average Bonchev–Trinajstić information content (AvgIpc) is 2.98. The minimum Gasteiger partial charge on any atom is -0.375 e. The highest BCUT2D eigenvalue weighted by Crippen LogP contribution is 2.28. The number of anilines is 1. The summed E-state index contributed by atoms with van der Waals surface area (Å²) in [6, 6.07) is 4.23. The SMILES string of the molecule is CCNC(=NCc1ccnc(N2CCOC(C)C2)c1)N1CCC(C)(C)C1. The van der Waals surface area contributed by atoms with Gasteiger partial charge in [0.2, 0.25) is 0 Å². The Morgan fingerprint density at radius 1 is 1.42 bits per heavy atom. The second kappa shape index (κ2) is 8.25. The highest BCUT2D eigenvalue weighted by Gasteiger charge is 2.30. The number of hydrogen-bond acceptors (Lipinski definition) is 4. The molecular weight excluding hydrogens is 326 g/mol. The third-order valence-corrected chi connectivity index (χ3v) is 5.10. The van der Waals surface area contributed by atoms with Crippen molar-refractivity contribution in [2.75, 3.05) is 44.2 Å². The zero-order valence-corrected chi connectivity index (χ0v) is 16.7. The van der Waals surface area contributed by atoms with Crippen molar-refractivity contribution in [3.8, 4) is 0 Å². The summed E-state index contributed by atoms with van der Waals surface area (Å²) in [5, 5.41) is 3.45. The first kappa shape index (κ1) is 19.0. The zero-order valence-electron chi connectivity index (χ0n) is 16.7. The van der Waals surface area contributed by atoms with E-state index in [2.05, 4.69) is 59.9 Å². The van der Waals surface area contributed by atoms with Crippen LogP contribution >= 0.6 is 0 Å². The lowest BCUT2D eigenvalue weighted by atomic mass is 9.93. The second-order valence-electron chi connectivity index (χ2n) is 8.16. The summed E-state index contributed by atoms with van der Waals surface area (Å²) in [6.07, 6.45) is 3.37. The second-order valence-corrected chi connectivity index (χ2v) is 8.16. The van der Waals surface area contributed by atoms with Crippen LogP contribution in [0.3, 0.4) is 0 Å². The van der Waals surface area contributed by atoms with Crippen molar-refractivity contribution in [3.63, 3.8) is 0 Å². The Balaban J connectivity index is 1.68. The van der Waals surface area contributed by atoms with E-state index in [0.717, 1.165) is 51.1 Å². The summed E-state index contributed by atoms with van der Waals surface area (Å²) in [5.41, 5.74) is 1.57. The van der Waals surface area contributed by atoms with Crippen molar-refractivity contribution < 1.29 is 4.74 Å². The lowest BCUT2D eigenvalue weighted by Gasteiger charge is -2.32. The van der Waals surface area contributed by atoms with E-state index in [1.165, 1.54) is 12.0 Å². The van der Waals surface area contributed by atoms with Gasteiger partial charge in [0.1, 0.15) is 5.82 Å². The van der Waals surface area contributed by atoms with Crippen LogP contribution in [-0.2, 0) is 11.3 Å². The largest absolute Gasteiger partial charge is 0.375 e. The summed E-state index contributed by atoms with van der Waals surface area (Å²) in [7, 11) is 0. The Bertz CT molecular complexity index is 630. The molecule has 144 valence electrons. The summed E-state index contributed by atoms with van der Waals surface area (Å²) in [5.74, 6) is 2.05. The van der Waals surface area contributed by atoms with E-state index >= 15 is 0 Å². The molecule has 2 fully saturated rings. The van der Waals surface area contributed by atoms with Gasteiger partial charge in [0.15, 0.2) is 5.96 Å². The normalized spacial score (nSPS) is 23.4. The topological polar surface area (TPSA) is 53.0 Å². The lowest BCUT2D eigenvalue weighted by Crippen LogP contribution is -2.41. The van der Waals surface area contributed by atoms with Crippen LogP contribution in [0.4, 0.5) is 5.82 Å². The van der Waals surface area contributed by atoms with Crippen molar-refractivity contribution in [2.45, 2.75) is 46.8 Å². The van der Waals surface area contributed by atoms with Gasteiger partial charge >= 0.3 is 0 Å². The molecule has 3 rings (SSSR count). The number of aliphatic imine (C=N–C) groups is 1. The van der Waals surface area contributed by atoms with E-state index in [1.807, 2.05) is 6.20 Å². The van der Waals surface area contributed by atoms with Gasteiger partial charge < -0.3 is 19.9 Å². The van der Waals surface area contributed by atoms with Gasteiger partial charge in [-0.25, -0.2) is 9.98 Å². The van der Waals surface area contributed by atoms with Crippen LogP contribution in [0.1, 0.15) is 39.7 Å². The zero-order chi connectivity index (χ0) is 18.6. The molecule has 0 saturated carbocycles. The van der Waals surface area contributed by atoms with Gasteiger partial charge in [-0.3, -0.25) is 0 Å². The number of guanidine groups is 1. The fourth-order valence-electron chi connectivity index (χ4n) is 3.64. The third kappa shape index (κ3) is 4.87. The van der Waals surface area contributed by atoms with Gasteiger partial charge in [-0.1, -0.05) is 13.8 Å². The first-order valence-corrected chi connectivity index (χ1v) is 9.81. The van der Waals surface area contributed by atoms with Crippen molar-refractivity contribution in [2.24, 2.45) is 10.4 Å². The van der Waals surface area contributed by atoms with Crippen molar-refractivity contribution in [1.29, 1.82) is 0 Å². The Morgan fingerprint density at radius 2 is 2.27 bits per heavy atom. The van der Waals surface area contributed by atoms with E-state index in [4.69, 9.17) is 9.73 Å². The van der Waals surface area contributed by atoms with Gasteiger partial charge in [0.05, 0.1) is 19.3 Å². The maximum absolute atomic E-state index is 5.63. The lowest BCUT2D eigenvalue weighted by molar-refractivity contribution is 0.0529. The number of hydrogen-bond donors (Lipinski definition) is 1. The van der Waals surface area contributed by atoms with Gasteiger partial charge in [-0.2, -0.15) is 0 Å². The Hall–Kier alpha value is -1.82. The predicted molar refractivity (Wildman–Crippen MR) is 107 cm³/mol. The van der Waals surface area contributed by atoms with Gasteiger partial charge in [0.25, 0.3) is 0 Å². The minimum absolute atomic E-state index is 0.256. The quantitative estimate of drug-likeness (QED) is 0.661. The number of rotatable bonds is 4. The molecule has 0 amide bonds. The van der Waals surface area contributed by atoms with Crippen LogP contribution in [0.15, 0.2) is 23.3 Å². The molecule has 0 radical (unpaired) electrons. The smallest absolute Gasteiger partial charge is 0.194 e. The number of nitrogens with one attached hydrogen (secondary N) is 1. The number of pyridine rings is 1. The van der Waals surface area contributed by atoms with Crippen LogP contribution in [0.2, 0.25) is 0 Å². The summed E-state index contributed by atoms with van der Waals surface area (Å²) in [4.78, 5) is 14.1. The molecule has 0 bridgehead atoms. The van der Waals surface area contributed by atoms with Crippen LogP contribution in [0.25, 0.3) is 0 Å². The minimum atomic E-state index is 0.256. The average molecular weight is 360 g/mol. The van der Waals surface area contributed by atoms with Crippen molar-refractivity contribution in [1.82, 2.24) is 15.2 Å². The Kier molecular flexibility index (Phi) is 6.01. The predicted octanol–water partition coefficient (Wildman–Crippen LogP) is 2.50. The molecular formula is C20H33N5O. The van der Waals surface area contributed by atoms with Gasteiger partial charge in [-0.15, -0.1) is 0 Å². The number of likely N-dealkylation sites (tertiary alicyclic amines) is 1. The first-order chi connectivity index (χ1) is 12.5. The molecule has 2 aliphatic rings. The Morgan fingerprint density at radius 3 is 2.96 bits per heavy atom. The van der Waals surface area contributed by atoms with Crippen LogP contribution < -0.4 is 10.2 Å². The molecule has 6 nitrogen and oxygen atoms in total. The third-order valence-electron chi connectivity index (χ3n) is 5.10. The van der Waals surface area contributed by atoms with Crippen LogP contribution in [0.5, 0.6) is 0 Å². The van der Waals surface area contributed by atoms with Crippen LogP contribution in [-0.4, -0.2) is 61.3 Å². The number of ether oxygens (including phenoxy) is 1.